The van der Waals surface area contributed by atoms with Gasteiger partial charge in [-0.05, 0) is 42.3 Å². The monoisotopic (exact) mass is 361 g/mol. The number of imidazole rings is 1. The molecular formula is C16H13BrClN3. The highest BCUT2D eigenvalue weighted by Crippen LogP contribution is 2.29. The molecule has 4 rings (SSSR count). The van der Waals surface area contributed by atoms with Crippen LogP contribution in [0.2, 0.25) is 5.02 Å². The number of benzene rings is 2. The molecule has 1 N–H and O–H groups in total. The van der Waals surface area contributed by atoms with Gasteiger partial charge >= 0.3 is 0 Å². The van der Waals surface area contributed by atoms with E-state index in [1.54, 1.807) is 0 Å². The molecule has 106 valence electrons. The summed E-state index contributed by atoms with van der Waals surface area (Å²) in [4.78, 5) is 4.76. The van der Waals surface area contributed by atoms with E-state index in [0.717, 1.165) is 39.4 Å². The summed E-state index contributed by atoms with van der Waals surface area (Å²) in [6, 6.07) is 14.6. The minimum absolute atomic E-state index is 0.248. The van der Waals surface area contributed by atoms with Gasteiger partial charge in [0.2, 0.25) is 0 Å². The van der Waals surface area contributed by atoms with Crippen LogP contribution in [-0.2, 0) is 13.1 Å². The van der Waals surface area contributed by atoms with Crippen molar-refractivity contribution in [1.82, 2.24) is 14.9 Å². The quantitative estimate of drug-likeness (QED) is 0.737. The van der Waals surface area contributed by atoms with E-state index in [0.29, 0.717) is 0 Å². The van der Waals surface area contributed by atoms with Crippen LogP contribution in [0.25, 0.3) is 11.0 Å². The number of nitrogens with zero attached hydrogens (tertiary/aromatic N) is 2. The smallest absolute Gasteiger partial charge is 0.128 e. The summed E-state index contributed by atoms with van der Waals surface area (Å²) >= 11 is 9.52. The van der Waals surface area contributed by atoms with E-state index in [9.17, 15) is 0 Å². The lowest BCUT2D eigenvalue weighted by atomic mass is 10.1. The second-order valence-electron chi connectivity index (χ2n) is 5.28. The van der Waals surface area contributed by atoms with Crippen molar-refractivity contribution in [2.24, 2.45) is 0 Å². The Balaban J connectivity index is 1.69. The third kappa shape index (κ3) is 2.37. The molecule has 0 unspecified atom stereocenters. The number of fused-ring (bicyclic) bond motifs is 3. The fraction of sp³-hybridized carbons (Fsp3) is 0.188. The molecule has 0 saturated carbocycles. The zero-order valence-electron chi connectivity index (χ0n) is 11.2. The summed E-state index contributed by atoms with van der Waals surface area (Å²) in [6.07, 6.45) is 0.935. The predicted octanol–water partition coefficient (Wildman–Crippen LogP) is 4.30. The molecule has 3 aromatic rings. The standard InChI is InChI=1S/C16H13BrClN3/c17-11-3-1-10(2-4-11)7-14-16-20-13-8-12(18)5-6-15(13)21(16)9-19-14/h1-6,8,14,19H,7,9H2/t14-/m1/s1. The van der Waals surface area contributed by atoms with Crippen molar-refractivity contribution in [3.63, 3.8) is 0 Å². The van der Waals surface area contributed by atoms with Crippen LogP contribution in [-0.4, -0.2) is 9.55 Å². The number of halogens is 2. The first-order valence-electron chi connectivity index (χ1n) is 6.84. The predicted molar refractivity (Wildman–Crippen MR) is 88.5 cm³/mol. The van der Waals surface area contributed by atoms with Crippen LogP contribution in [0.1, 0.15) is 17.4 Å². The van der Waals surface area contributed by atoms with Crippen molar-refractivity contribution in [3.8, 4) is 0 Å². The van der Waals surface area contributed by atoms with Crippen LogP contribution < -0.4 is 5.32 Å². The minimum atomic E-state index is 0.248. The molecule has 21 heavy (non-hydrogen) atoms. The molecule has 2 aromatic carbocycles. The number of hydrogen-bond donors (Lipinski definition) is 1. The number of aromatic nitrogens is 2. The zero-order chi connectivity index (χ0) is 14.4. The average Bonchev–Trinajstić information content (AvgIpc) is 3.01. The lowest BCUT2D eigenvalue weighted by Crippen LogP contribution is -2.15. The Labute approximate surface area is 136 Å². The molecule has 0 spiro atoms. The normalized spacial score (nSPS) is 17.3. The second-order valence-corrected chi connectivity index (χ2v) is 6.63. The summed E-state index contributed by atoms with van der Waals surface area (Å²) < 4.78 is 3.34. The van der Waals surface area contributed by atoms with Crippen molar-refractivity contribution < 1.29 is 0 Å². The largest absolute Gasteiger partial charge is 0.313 e. The lowest BCUT2D eigenvalue weighted by Gasteiger charge is -2.09. The van der Waals surface area contributed by atoms with Gasteiger partial charge in [-0.15, -0.1) is 0 Å². The van der Waals surface area contributed by atoms with E-state index in [2.05, 4.69) is 50.1 Å². The summed E-state index contributed by atoms with van der Waals surface area (Å²) in [5.74, 6) is 1.09. The summed E-state index contributed by atoms with van der Waals surface area (Å²) in [6.45, 7) is 0.800. The maximum atomic E-state index is 6.05. The third-order valence-corrected chi connectivity index (χ3v) is 4.66. The molecule has 3 nitrogen and oxygen atoms in total. The van der Waals surface area contributed by atoms with E-state index in [4.69, 9.17) is 16.6 Å². The SMILES string of the molecule is Clc1ccc2c(c1)nc1n2CN[C@@H]1Cc1ccc(Br)cc1. The van der Waals surface area contributed by atoms with Gasteiger partial charge in [-0.1, -0.05) is 39.7 Å². The highest BCUT2D eigenvalue weighted by Gasteiger charge is 2.26. The van der Waals surface area contributed by atoms with Crippen LogP contribution in [0, 0.1) is 0 Å². The van der Waals surface area contributed by atoms with Gasteiger partial charge in [-0.3, -0.25) is 5.32 Å². The Kier molecular flexibility index (Phi) is 3.25. The maximum Gasteiger partial charge on any atom is 0.128 e. The lowest BCUT2D eigenvalue weighted by molar-refractivity contribution is 0.558. The van der Waals surface area contributed by atoms with E-state index >= 15 is 0 Å². The van der Waals surface area contributed by atoms with Crippen molar-refractivity contribution >= 4 is 38.6 Å². The van der Waals surface area contributed by atoms with Gasteiger partial charge < -0.3 is 4.57 Å². The first kappa shape index (κ1) is 13.3. The molecule has 1 aromatic heterocycles. The molecule has 0 saturated heterocycles. The number of hydrogen-bond acceptors (Lipinski definition) is 2. The molecular weight excluding hydrogens is 350 g/mol. The minimum Gasteiger partial charge on any atom is -0.313 e. The molecule has 0 amide bonds. The molecule has 0 aliphatic carbocycles. The number of nitrogens with one attached hydrogen (secondary N) is 1. The Hall–Kier alpha value is -1.36. The van der Waals surface area contributed by atoms with Gasteiger partial charge in [0, 0.05) is 9.50 Å². The fourth-order valence-electron chi connectivity index (χ4n) is 2.87. The van der Waals surface area contributed by atoms with E-state index < -0.39 is 0 Å². The van der Waals surface area contributed by atoms with Crippen molar-refractivity contribution in [2.75, 3.05) is 0 Å². The topological polar surface area (TPSA) is 29.9 Å². The van der Waals surface area contributed by atoms with Crippen LogP contribution in [0.4, 0.5) is 0 Å². The van der Waals surface area contributed by atoms with Gasteiger partial charge in [-0.25, -0.2) is 4.98 Å². The Morgan fingerprint density at radius 2 is 2.05 bits per heavy atom. The van der Waals surface area contributed by atoms with E-state index in [-0.39, 0.29) is 6.04 Å². The van der Waals surface area contributed by atoms with Crippen LogP contribution in [0.5, 0.6) is 0 Å². The van der Waals surface area contributed by atoms with Crippen molar-refractivity contribution in [2.45, 2.75) is 19.1 Å². The second kappa shape index (κ2) is 5.13. The van der Waals surface area contributed by atoms with Crippen LogP contribution in [0.15, 0.2) is 46.9 Å². The van der Waals surface area contributed by atoms with Gasteiger partial charge in [-0.2, -0.15) is 0 Å². The molecule has 5 heteroatoms. The Bertz CT molecular complexity index is 810. The third-order valence-electron chi connectivity index (χ3n) is 3.90. The Morgan fingerprint density at radius 1 is 1.24 bits per heavy atom. The molecule has 1 aliphatic rings. The summed E-state index contributed by atoms with van der Waals surface area (Å²) in [7, 11) is 0. The van der Waals surface area contributed by atoms with Crippen molar-refractivity contribution in [3.05, 3.63) is 63.3 Å². The molecule has 2 heterocycles. The van der Waals surface area contributed by atoms with Gasteiger partial charge in [0.15, 0.2) is 0 Å². The van der Waals surface area contributed by atoms with Gasteiger partial charge in [0.1, 0.15) is 5.82 Å². The molecule has 0 radical (unpaired) electrons. The van der Waals surface area contributed by atoms with Crippen LogP contribution >= 0.6 is 27.5 Å². The molecule has 1 aliphatic heterocycles. The van der Waals surface area contributed by atoms with E-state index in [1.165, 1.54) is 5.56 Å². The molecule has 1 atom stereocenters. The van der Waals surface area contributed by atoms with Crippen molar-refractivity contribution in [1.29, 1.82) is 0 Å². The fourth-order valence-corrected chi connectivity index (χ4v) is 3.30. The number of rotatable bonds is 2. The van der Waals surface area contributed by atoms with Gasteiger partial charge in [0.05, 0.1) is 23.7 Å². The summed E-state index contributed by atoms with van der Waals surface area (Å²) in [5, 5.41) is 4.26. The van der Waals surface area contributed by atoms with Crippen LogP contribution in [0.3, 0.4) is 0 Å². The maximum absolute atomic E-state index is 6.05. The van der Waals surface area contributed by atoms with Gasteiger partial charge in [0.25, 0.3) is 0 Å². The highest BCUT2D eigenvalue weighted by molar-refractivity contribution is 9.10. The zero-order valence-corrected chi connectivity index (χ0v) is 13.5. The summed E-state index contributed by atoms with van der Waals surface area (Å²) in [5.41, 5.74) is 3.41. The molecule has 0 fully saturated rings. The van der Waals surface area contributed by atoms with E-state index in [1.807, 2.05) is 18.2 Å². The molecule has 0 bridgehead atoms. The highest BCUT2D eigenvalue weighted by atomic mass is 79.9. The first-order chi connectivity index (χ1) is 10.2. The Morgan fingerprint density at radius 3 is 2.86 bits per heavy atom. The first-order valence-corrected chi connectivity index (χ1v) is 8.01. The average molecular weight is 363 g/mol.